The van der Waals surface area contributed by atoms with E-state index in [2.05, 4.69) is 4.98 Å². The quantitative estimate of drug-likeness (QED) is 0.470. The molecule has 2 amide bonds. The van der Waals surface area contributed by atoms with Gasteiger partial charge in [-0.2, -0.15) is 0 Å². The number of carboxylic acids is 1. The number of rotatable bonds is 8. The topological polar surface area (TPSA) is 106 Å². The van der Waals surface area contributed by atoms with Crippen LogP contribution in [-0.2, 0) is 17.9 Å². The second kappa shape index (κ2) is 10.2. The average molecular weight is 477 g/mol. The van der Waals surface area contributed by atoms with Crippen molar-refractivity contribution in [3.8, 4) is 11.5 Å². The van der Waals surface area contributed by atoms with Crippen LogP contribution < -0.4 is 9.47 Å². The molecule has 0 spiro atoms. The summed E-state index contributed by atoms with van der Waals surface area (Å²) in [7, 11) is 1.51. The van der Waals surface area contributed by atoms with Crippen LogP contribution in [0.4, 0.5) is 4.79 Å². The lowest BCUT2D eigenvalue weighted by Gasteiger charge is -2.12. The molecule has 2 heterocycles. The molecule has 1 saturated heterocycles. The van der Waals surface area contributed by atoms with E-state index in [1.165, 1.54) is 24.1 Å². The van der Waals surface area contributed by atoms with Gasteiger partial charge in [-0.15, -0.1) is 0 Å². The van der Waals surface area contributed by atoms with Crippen LogP contribution in [0.1, 0.15) is 27.0 Å². The highest BCUT2D eigenvalue weighted by atomic mass is 32.2. The van der Waals surface area contributed by atoms with Gasteiger partial charge in [0.1, 0.15) is 6.61 Å². The fourth-order valence-electron chi connectivity index (χ4n) is 3.26. The fourth-order valence-corrected chi connectivity index (χ4v) is 4.10. The SMILES string of the molecule is COc1cc(/C=C2\SC(=O)N(Cc3cccnc3)C2=O)ccc1OCc1ccc(C(=O)O)cc1. The zero-order valence-electron chi connectivity index (χ0n) is 18.1. The molecule has 0 saturated carbocycles. The summed E-state index contributed by atoms with van der Waals surface area (Å²) >= 11 is 0.888. The molecule has 3 aromatic rings. The highest BCUT2D eigenvalue weighted by Crippen LogP contribution is 2.35. The van der Waals surface area contributed by atoms with E-state index >= 15 is 0 Å². The van der Waals surface area contributed by atoms with Gasteiger partial charge in [-0.25, -0.2) is 4.79 Å². The number of benzene rings is 2. The summed E-state index contributed by atoms with van der Waals surface area (Å²) in [5, 5.41) is 8.66. The first kappa shape index (κ1) is 23.1. The molecule has 0 aliphatic carbocycles. The first-order valence-electron chi connectivity index (χ1n) is 10.2. The van der Waals surface area contributed by atoms with Crippen LogP contribution in [0.2, 0.25) is 0 Å². The number of nitrogens with zero attached hydrogens (tertiary/aromatic N) is 2. The van der Waals surface area contributed by atoms with E-state index in [-0.39, 0.29) is 29.9 Å². The number of aromatic nitrogens is 1. The van der Waals surface area contributed by atoms with Gasteiger partial charge in [0.25, 0.3) is 11.1 Å². The lowest BCUT2D eigenvalue weighted by Crippen LogP contribution is -2.27. The zero-order valence-corrected chi connectivity index (χ0v) is 19.0. The van der Waals surface area contributed by atoms with Gasteiger partial charge in [0.15, 0.2) is 11.5 Å². The van der Waals surface area contributed by atoms with Gasteiger partial charge < -0.3 is 14.6 Å². The van der Waals surface area contributed by atoms with Crippen molar-refractivity contribution in [1.29, 1.82) is 0 Å². The summed E-state index contributed by atoms with van der Waals surface area (Å²) in [5.41, 5.74) is 2.46. The van der Waals surface area contributed by atoms with Crippen molar-refractivity contribution in [2.24, 2.45) is 0 Å². The number of thioether (sulfide) groups is 1. The smallest absolute Gasteiger partial charge is 0.335 e. The Morgan fingerprint density at radius 1 is 1.09 bits per heavy atom. The largest absolute Gasteiger partial charge is 0.493 e. The highest BCUT2D eigenvalue weighted by molar-refractivity contribution is 8.18. The maximum absolute atomic E-state index is 12.8. The van der Waals surface area contributed by atoms with Crippen LogP contribution in [0.25, 0.3) is 6.08 Å². The number of carbonyl (C=O) groups is 3. The highest BCUT2D eigenvalue weighted by Gasteiger charge is 2.35. The molecule has 0 radical (unpaired) electrons. The molecule has 1 aromatic heterocycles. The van der Waals surface area contributed by atoms with Crippen LogP contribution in [0.3, 0.4) is 0 Å². The number of carbonyl (C=O) groups excluding carboxylic acids is 2. The Labute approximate surface area is 199 Å². The molecule has 0 bridgehead atoms. The second-order valence-corrected chi connectivity index (χ2v) is 8.32. The fraction of sp³-hybridized carbons (Fsp3) is 0.120. The Morgan fingerprint density at radius 2 is 1.88 bits per heavy atom. The number of hydrogen-bond donors (Lipinski definition) is 1. The minimum atomic E-state index is -0.986. The number of methoxy groups -OCH3 is 1. The van der Waals surface area contributed by atoms with Crippen LogP contribution >= 0.6 is 11.8 Å². The van der Waals surface area contributed by atoms with Crippen molar-refractivity contribution in [2.45, 2.75) is 13.2 Å². The Hall–Kier alpha value is -4.11. The number of ether oxygens (including phenoxy) is 2. The number of carboxylic acid groups (broad SMARTS) is 1. The number of pyridine rings is 1. The molecular weight excluding hydrogens is 456 g/mol. The molecule has 34 heavy (non-hydrogen) atoms. The summed E-state index contributed by atoms with van der Waals surface area (Å²) < 4.78 is 11.3. The molecule has 8 nitrogen and oxygen atoms in total. The molecule has 172 valence electrons. The van der Waals surface area contributed by atoms with E-state index < -0.39 is 5.97 Å². The summed E-state index contributed by atoms with van der Waals surface area (Å²) in [4.78, 5) is 41.7. The molecule has 1 N–H and O–H groups in total. The van der Waals surface area contributed by atoms with Crippen molar-refractivity contribution >= 4 is 35.0 Å². The molecule has 0 atom stereocenters. The van der Waals surface area contributed by atoms with Crippen LogP contribution in [0.5, 0.6) is 11.5 Å². The Balaban J connectivity index is 1.46. The first-order valence-corrected chi connectivity index (χ1v) is 11.0. The van der Waals surface area contributed by atoms with Crippen LogP contribution in [0, 0.1) is 0 Å². The van der Waals surface area contributed by atoms with E-state index in [0.717, 1.165) is 22.9 Å². The van der Waals surface area contributed by atoms with Crippen LogP contribution in [-0.4, -0.2) is 39.2 Å². The average Bonchev–Trinajstić information content (AvgIpc) is 3.11. The van der Waals surface area contributed by atoms with Gasteiger partial charge >= 0.3 is 5.97 Å². The van der Waals surface area contributed by atoms with E-state index in [9.17, 15) is 14.4 Å². The van der Waals surface area contributed by atoms with Gasteiger partial charge in [-0.1, -0.05) is 24.3 Å². The van der Waals surface area contributed by atoms with E-state index in [4.69, 9.17) is 14.6 Å². The monoisotopic (exact) mass is 476 g/mol. The van der Waals surface area contributed by atoms with Gasteiger partial charge in [0.05, 0.1) is 24.1 Å². The van der Waals surface area contributed by atoms with Crippen molar-refractivity contribution in [3.63, 3.8) is 0 Å². The third-order valence-corrected chi connectivity index (χ3v) is 5.93. The molecular formula is C25H20N2O6S. The molecule has 9 heteroatoms. The van der Waals surface area contributed by atoms with Gasteiger partial charge in [-0.3, -0.25) is 19.5 Å². The molecule has 0 unspecified atom stereocenters. The summed E-state index contributed by atoms with van der Waals surface area (Å²) in [6.45, 7) is 0.391. The maximum atomic E-state index is 12.8. The van der Waals surface area contributed by atoms with Gasteiger partial charge in [0, 0.05) is 12.4 Å². The Bertz CT molecular complexity index is 1260. The van der Waals surface area contributed by atoms with E-state index in [1.807, 2.05) is 6.07 Å². The number of imide groups is 1. The van der Waals surface area contributed by atoms with Crippen LogP contribution in [0.15, 0.2) is 71.9 Å². The molecule has 1 aliphatic heterocycles. The van der Waals surface area contributed by atoms with Gasteiger partial charge in [0.2, 0.25) is 0 Å². The minimum Gasteiger partial charge on any atom is -0.493 e. The number of hydrogen-bond acceptors (Lipinski definition) is 7. The lowest BCUT2D eigenvalue weighted by atomic mass is 10.1. The molecule has 2 aromatic carbocycles. The lowest BCUT2D eigenvalue weighted by molar-refractivity contribution is -0.123. The summed E-state index contributed by atoms with van der Waals surface area (Å²) in [6, 6.07) is 15.2. The summed E-state index contributed by atoms with van der Waals surface area (Å²) in [5.74, 6) is -0.389. The number of aromatic carboxylic acids is 1. The minimum absolute atomic E-state index is 0.166. The third-order valence-electron chi connectivity index (χ3n) is 5.02. The number of amides is 2. The normalized spacial score (nSPS) is 14.5. The van der Waals surface area contributed by atoms with Crippen molar-refractivity contribution in [1.82, 2.24) is 9.88 Å². The van der Waals surface area contributed by atoms with E-state index in [0.29, 0.717) is 22.0 Å². The van der Waals surface area contributed by atoms with E-state index in [1.54, 1.807) is 54.9 Å². The zero-order chi connectivity index (χ0) is 24.1. The van der Waals surface area contributed by atoms with Gasteiger partial charge in [-0.05, 0) is 64.9 Å². The molecule has 4 rings (SSSR count). The Kier molecular flexibility index (Phi) is 6.93. The second-order valence-electron chi connectivity index (χ2n) is 7.33. The summed E-state index contributed by atoms with van der Waals surface area (Å²) in [6.07, 6.45) is 4.90. The Morgan fingerprint density at radius 3 is 2.56 bits per heavy atom. The predicted octanol–water partition coefficient (Wildman–Crippen LogP) is 4.60. The van der Waals surface area contributed by atoms with Crippen molar-refractivity contribution in [3.05, 3.63) is 94.1 Å². The first-order chi connectivity index (χ1) is 16.4. The maximum Gasteiger partial charge on any atom is 0.335 e. The molecule has 1 aliphatic rings. The third kappa shape index (κ3) is 5.26. The molecule has 1 fully saturated rings. The van der Waals surface area contributed by atoms with Crippen molar-refractivity contribution < 1.29 is 29.0 Å². The predicted molar refractivity (Wildman–Crippen MR) is 126 cm³/mol. The van der Waals surface area contributed by atoms with Crippen molar-refractivity contribution in [2.75, 3.05) is 7.11 Å². The standard InChI is InChI=1S/C25H20N2O6S/c1-32-21-11-17(6-9-20(21)33-15-16-4-7-19(8-5-16)24(29)30)12-22-23(28)27(25(31)34-22)14-18-3-2-10-26-13-18/h2-13H,14-15H2,1H3,(H,29,30)/b22-12-.